The van der Waals surface area contributed by atoms with Crippen molar-refractivity contribution in [1.82, 2.24) is 5.32 Å². The largest absolute Gasteiger partial charge is 0.411 e. The first kappa shape index (κ1) is 6.38. The van der Waals surface area contributed by atoms with Gasteiger partial charge in [-0.3, -0.25) is 4.99 Å². The molecule has 0 amide bonds. The van der Waals surface area contributed by atoms with Gasteiger partial charge in [-0.05, 0) is 0 Å². The van der Waals surface area contributed by atoms with Crippen molar-refractivity contribution < 1.29 is 13.2 Å². The first-order valence-electron chi connectivity index (χ1n) is 2.20. The Labute approximate surface area is 49.8 Å². The molecular formula is C4H3F3N2. The number of rotatable bonds is 0. The molecular weight excluding hydrogens is 133 g/mol. The highest BCUT2D eigenvalue weighted by Crippen LogP contribution is 2.23. The number of nitrogens with one attached hydrogen (secondary N) is 1. The third kappa shape index (κ3) is 1.34. The molecule has 0 spiro atoms. The van der Waals surface area contributed by atoms with Crippen LogP contribution in [0.25, 0.3) is 0 Å². The Bertz CT molecular complexity index is 120. The normalized spacial score (nSPS) is 26.3. The van der Waals surface area contributed by atoms with Gasteiger partial charge in [-0.2, -0.15) is 13.2 Å². The van der Waals surface area contributed by atoms with Crippen LogP contribution in [0.1, 0.15) is 0 Å². The van der Waals surface area contributed by atoms with E-state index in [1.165, 1.54) is 0 Å². The van der Waals surface area contributed by atoms with Gasteiger partial charge in [0.25, 0.3) is 0 Å². The predicted octanol–water partition coefficient (Wildman–Crippen LogP) is 0.588. The second kappa shape index (κ2) is 1.89. The zero-order valence-corrected chi connectivity index (χ0v) is 4.24. The van der Waals surface area contributed by atoms with E-state index in [2.05, 4.69) is 4.99 Å². The van der Waals surface area contributed by atoms with Gasteiger partial charge in [0.1, 0.15) is 0 Å². The second-order valence-corrected chi connectivity index (χ2v) is 1.53. The van der Waals surface area contributed by atoms with Gasteiger partial charge in [0, 0.05) is 0 Å². The third-order valence-corrected chi connectivity index (χ3v) is 0.837. The van der Waals surface area contributed by atoms with Crippen LogP contribution in [0.4, 0.5) is 13.2 Å². The molecule has 1 aliphatic heterocycles. The maximum Gasteiger partial charge on any atom is 0.411 e. The molecule has 2 nitrogen and oxygen atoms in total. The Kier molecular flexibility index (Phi) is 1.34. The van der Waals surface area contributed by atoms with Crippen molar-refractivity contribution in [1.29, 1.82) is 0 Å². The lowest BCUT2D eigenvalue weighted by molar-refractivity contribution is -0.143. The summed E-state index contributed by atoms with van der Waals surface area (Å²) in [6, 6.07) is -1.71. The summed E-state index contributed by atoms with van der Waals surface area (Å²) in [5, 5.41) is 1.97. The molecule has 1 aliphatic rings. The Hall–Kier alpha value is -0.740. The molecule has 0 saturated carbocycles. The Morgan fingerprint density at radius 2 is 2.22 bits per heavy atom. The first-order chi connectivity index (χ1) is 4.11. The Morgan fingerprint density at radius 3 is 2.44 bits per heavy atom. The number of halogens is 3. The number of hydrogen-bond donors (Lipinski definition) is 1. The fourth-order valence-corrected chi connectivity index (χ4v) is 0.429. The summed E-state index contributed by atoms with van der Waals surface area (Å²) in [5.41, 5.74) is 0. The van der Waals surface area contributed by atoms with Crippen LogP contribution >= 0.6 is 0 Å². The molecule has 0 bridgehead atoms. The topological polar surface area (TPSA) is 24.4 Å². The van der Waals surface area contributed by atoms with Gasteiger partial charge >= 0.3 is 6.18 Å². The summed E-state index contributed by atoms with van der Waals surface area (Å²) in [6.45, 7) is 1.83. The fourth-order valence-electron chi connectivity index (χ4n) is 0.429. The van der Waals surface area contributed by atoms with Crippen LogP contribution in [-0.2, 0) is 0 Å². The van der Waals surface area contributed by atoms with Crippen LogP contribution < -0.4 is 5.32 Å². The molecule has 2 radical (unpaired) electrons. The van der Waals surface area contributed by atoms with E-state index in [1.807, 2.05) is 11.9 Å². The lowest BCUT2D eigenvalue weighted by Gasteiger charge is -2.11. The first-order valence-corrected chi connectivity index (χ1v) is 2.20. The van der Waals surface area contributed by atoms with Crippen LogP contribution in [0, 0.1) is 6.54 Å². The molecule has 9 heavy (non-hydrogen) atoms. The summed E-state index contributed by atoms with van der Waals surface area (Å²) in [6.07, 6.45) is -3.30. The average Bonchev–Trinajstić information content (AvgIpc) is 2.08. The van der Waals surface area contributed by atoms with Crippen molar-refractivity contribution in [3.8, 4) is 0 Å². The maximum atomic E-state index is 11.6. The third-order valence-electron chi connectivity index (χ3n) is 0.837. The number of alkyl halides is 3. The van der Waals surface area contributed by atoms with Crippen LogP contribution in [0.15, 0.2) is 4.99 Å². The smallest absolute Gasteiger partial charge is 0.363 e. The molecule has 1 atom stereocenters. The maximum absolute atomic E-state index is 11.6. The van der Waals surface area contributed by atoms with Crippen LogP contribution in [0.5, 0.6) is 0 Å². The summed E-state index contributed by atoms with van der Waals surface area (Å²) < 4.78 is 34.7. The van der Waals surface area contributed by atoms with E-state index >= 15 is 0 Å². The van der Waals surface area contributed by atoms with Crippen molar-refractivity contribution in [2.24, 2.45) is 4.99 Å². The minimum Gasteiger partial charge on any atom is -0.363 e. The molecule has 0 aromatic carbocycles. The van der Waals surface area contributed by atoms with Gasteiger partial charge in [0.2, 0.25) is 0 Å². The van der Waals surface area contributed by atoms with E-state index in [-0.39, 0.29) is 0 Å². The SMILES string of the molecule is FC(F)(F)C1[C]N=CN1. The van der Waals surface area contributed by atoms with Gasteiger partial charge in [-0.15, -0.1) is 0 Å². The summed E-state index contributed by atoms with van der Waals surface area (Å²) >= 11 is 0. The molecule has 0 aliphatic carbocycles. The molecule has 5 heteroatoms. The van der Waals surface area contributed by atoms with E-state index in [1.54, 1.807) is 0 Å². The lowest BCUT2D eigenvalue weighted by Crippen LogP contribution is -2.37. The highest BCUT2D eigenvalue weighted by atomic mass is 19.4. The quantitative estimate of drug-likeness (QED) is 0.517. The number of nitrogens with zero attached hydrogens (tertiary/aromatic N) is 1. The summed E-state index contributed by atoms with van der Waals surface area (Å²) in [5.74, 6) is 0. The zero-order valence-electron chi connectivity index (χ0n) is 4.24. The molecule has 1 rings (SSSR count). The van der Waals surface area contributed by atoms with E-state index < -0.39 is 12.2 Å². The molecule has 1 N–H and O–H groups in total. The van der Waals surface area contributed by atoms with Gasteiger partial charge in [-0.1, -0.05) is 0 Å². The number of aliphatic imine (C=N–C) groups is 1. The highest BCUT2D eigenvalue weighted by molar-refractivity contribution is 5.59. The van der Waals surface area contributed by atoms with Gasteiger partial charge in [0.05, 0.1) is 6.34 Å². The van der Waals surface area contributed by atoms with E-state index in [4.69, 9.17) is 0 Å². The van der Waals surface area contributed by atoms with Gasteiger partial charge < -0.3 is 5.32 Å². The monoisotopic (exact) mass is 136 g/mol. The van der Waals surface area contributed by atoms with Crippen molar-refractivity contribution in [2.45, 2.75) is 12.2 Å². The Morgan fingerprint density at radius 1 is 1.56 bits per heavy atom. The second-order valence-electron chi connectivity index (χ2n) is 1.53. The lowest BCUT2D eigenvalue weighted by atomic mass is 10.3. The van der Waals surface area contributed by atoms with Crippen LogP contribution in [-0.4, -0.2) is 18.6 Å². The number of hydrogen-bond acceptors (Lipinski definition) is 2. The van der Waals surface area contributed by atoms with Crippen molar-refractivity contribution in [2.75, 3.05) is 0 Å². The standard InChI is InChI=1S/C4H3F3N2/c5-4(6,7)3-1-8-2-9-3/h2-3,9H. The molecule has 1 heterocycles. The molecule has 50 valence electrons. The predicted molar refractivity (Wildman–Crippen MR) is 24.7 cm³/mol. The van der Waals surface area contributed by atoms with E-state index in [9.17, 15) is 13.2 Å². The van der Waals surface area contributed by atoms with Crippen LogP contribution in [0.2, 0.25) is 0 Å². The molecule has 0 aromatic rings. The fraction of sp³-hybridized carbons (Fsp3) is 0.500. The molecule has 0 aromatic heterocycles. The molecule has 1 unspecified atom stereocenters. The van der Waals surface area contributed by atoms with E-state index in [0.29, 0.717) is 0 Å². The van der Waals surface area contributed by atoms with Gasteiger partial charge in [-0.25, -0.2) is 0 Å². The molecule has 0 fully saturated rings. The van der Waals surface area contributed by atoms with Crippen molar-refractivity contribution in [3.63, 3.8) is 0 Å². The summed E-state index contributed by atoms with van der Waals surface area (Å²) in [7, 11) is 0. The summed E-state index contributed by atoms with van der Waals surface area (Å²) in [4.78, 5) is 3.13. The highest BCUT2D eigenvalue weighted by Gasteiger charge is 2.41. The molecule has 0 saturated heterocycles. The zero-order chi connectivity index (χ0) is 6.91. The van der Waals surface area contributed by atoms with Gasteiger partial charge in [0.15, 0.2) is 12.6 Å². The van der Waals surface area contributed by atoms with Crippen LogP contribution in [0.3, 0.4) is 0 Å². The van der Waals surface area contributed by atoms with Crippen molar-refractivity contribution >= 4 is 6.34 Å². The Balaban J connectivity index is 2.46. The minimum absolute atomic E-state index is 0.970. The van der Waals surface area contributed by atoms with Crippen molar-refractivity contribution in [3.05, 3.63) is 6.54 Å². The van der Waals surface area contributed by atoms with E-state index in [0.717, 1.165) is 6.34 Å². The average molecular weight is 136 g/mol. The minimum atomic E-state index is -4.27.